The zero-order valence-corrected chi connectivity index (χ0v) is 14.8. The molecule has 5 nitrogen and oxygen atoms in total. The SMILES string of the molecule is O=C(Nc1nccs1)[C@H]1Cc2ccccc2CN1C(=O)c1ccccc1. The highest BCUT2D eigenvalue weighted by molar-refractivity contribution is 7.13. The highest BCUT2D eigenvalue weighted by Crippen LogP contribution is 2.26. The van der Waals surface area contributed by atoms with Gasteiger partial charge in [-0.15, -0.1) is 11.3 Å². The fraction of sp³-hybridized carbons (Fsp3) is 0.150. The van der Waals surface area contributed by atoms with Gasteiger partial charge in [-0.05, 0) is 23.3 Å². The van der Waals surface area contributed by atoms with Gasteiger partial charge in [0.25, 0.3) is 5.91 Å². The lowest BCUT2D eigenvalue weighted by molar-refractivity contribution is -0.121. The number of fused-ring (bicyclic) bond motifs is 1. The third-order valence-corrected chi connectivity index (χ3v) is 5.18. The Balaban J connectivity index is 1.66. The first kappa shape index (κ1) is 16.5. The molecule has 2 heterocycles. The van der Waals surface area contributed by atoms with Gasteiger partial charge in [0.05, 0.1) is 0 Å². The number of anilines is 1. The molecule has 6 heteroatoms. The van der Waals surface area contributed by atoms with Gasteiger partial charge in [-0.25, -0.2) is 4.98 Å². The van der Waals surface area contributed by atoms with Gasteiger partial charge < -0.3 is 10.2 Å². The van der Waals surface area contributed by atoms with Gasteiger partial charge in [0.2, 0.25) is 5.91 Å². The van der Waals surface area contributed by atoms with Crippen molar-refractivity contribution < 1.29 is 9.59 Å². The van der Waals surface area contributed by atoms with Crippen molar-refractivity contribution >= 4 is 28.3 Å². The number of hydrogen-bond acceptors (Lipinski definition) is 4. The Hall–Kier alpha value is -2.99. The van der Waals surface area contributed by atoms with Crippen LogP contribution in [0.1, 0.15) is 21.5 Å². The molecule has 3 aromatic rings. The maximum absolute atomic E-state index is 13.1. The quantitative estimate of drug-likeness (QED) is 0.776. The number of rotatable bonds is 3. The third kappa shape index (κ3) is 3.23. The van der Waals surface area contributed by atoms with Crippen LogP contribution in [-0.4, -0.2) is 27.7 Å². The molecule has 1 aliphatic rings. The molecule has 2 amide bonds. The van der Waals surface area contributed by atoms with Gasteiger partial charge in [-0.1, -0.05) is 42.5 Å². The van der Waals surface area contributed by atoms with Gasteiger partial charge in [0.1, 0.15) is 6.04 Å². The van der Waals surface area contributed by atoms with Crippen LogP contribution in [0.5, 0.6) is 0 Å². The Morgan fingerprint density at radius 2 is 1.77 bits per heavy atom. The molecule has 1 aliphatic heterocycles. The zero-order chi connectivity index (χ0) is 17.9. The number of carbonyl (C=O) groups is 2. The van der Waals surface area contributed by atoms with E-state index in [1.807, 2.05) is 42.5 Å². The number of thiazole rings is 1. The second-order valence-corrected chi connectivity index (χ2v) is 7.01. The molecule has 4 rings (SSSR count). The Morgan fingerprint density at radius 1 is 1.04 bits per heavy atom. The molecule has 0 spiro atoms. The lowest BCUT2D eigenvalue weighted by Gasteiger charge is -2.36. The molecule has 0 bridgehead atoms. The Labute approximate surface area is 155 Å². The Kier molecular flexibility index (Phi) is 4.50. The molecule has 0 saturated heterocycles. The van der Waals surface area contributed by atoms with E-state index in [1.165, 1.54) is 11.3 Å². The first-order valence-electron chi connectivity index (χ1n) is 8.35. The molecule has 0 saturated carbocycles. The number of hydrogen-bond donors (Lipinski definition) is 1. The van der Waals surface area contributed by atoms with Crippen LogP contribution < -0.4 is 5.32 Å². The number of aromatic nitrogens is 1. The van der Waals surface area contributed by atoms with Gasteiger partial charge >= 0.3 is 0 Å². The van der Waals surface area contributed by atoms with Crippen molar-refractivity contribution in [3.8, 4) is 0 Å². The van der Waals surface area contributed by atoms with Crippen LogP contribution in [0.15, 0.2) is 66.2 Å². The molecule has 1 N–H and O–H groups in total. The Morgan fingerprint density at radius 3 is 2.50 bits per heavy atom. The van der Waals surface area contributed by atoms with E-state index < -0.39 is 6.04 Å². The minimum Gasteiger partial charge on any atom is -0.322 e. The number of benzene rings is 2. The first-order chi connectivity index (χ1) is 12.7. The summed E-state index contributed by atoms with van der Waals surface area (Å²) in [5.74, 6) is -0.349. The zero-order valence-electron chi connectivity index (χ0n) is 14.0. The maximum Gasteiger partial charge on any atom is 0.254 e. The van der Waals surface area contributed by atoms with Crippen LogP contribution in [0, 0.1) is 0 Å². The van der Waals surface area contributed by atoms with Crippen LogP contribution in [-0.2, 0) is 17.8 Å². The van der Waals surface area contributed by atoms with E-state index >= 15 is 0 Å². The van der Waals surface area contributed by atoms with E-state index in [9.17, 15) is 9.59 Å². The van der Waals surface area contributed by atoms with Crippen LogP contribution >= 0.6 is 11.3 Å². The fourth-order valence-corrected chi connectivity index (χ4v) is 3.72. The standard InChI is InChI=1S/C20H17N3O2S/c24-18(22-20-21-10-11-26-20)17-12-15-8-4-5-9-16(15)13-23(17)19(25)14-6-2-1-3-7-14/h1-11,17H,12-13H2,(H,21,22,24)/t17-/m1/s1. The van der Waals surface area contributed by atoms with E-state index in [-0.39, 0.29) is 11.8 Å². The maximum atomic E-state index is 13.1. The lowest BCUT2D eigenvalue weighted by Crippen LogP contribution is -2.50. The summed E-state index contributed by atoms with van der Waals surface area (Å²) in [5, 5.41) is 5.18. The average Bonchev–Trinajstić information content (AvgIpc) is 3.20. The molecule has 2 aromatic carbocycles. The summed E-state index contributed by atoms with van der Waals surface area (Å²) in [6, 6.07) is 16.5. The van der Waals surface area contributed by atoms with E-state index in [1.54, 1.807) is 28.6 Å². The molecule has 0 radical (unpaired) electrons. The molecule has 26 heavy (non-hydrogen) atoms. The minimum atomic E-state index is -0.568. The van der Waals surface area contributed by atoms with Crippen molar-refractivity contribution in [3.63, 3.8) is 0 Å². The van der Waals surface area contributed by atoms with E-state index in [2.05, 4.69) is 10.3 Å². The largest absolute Gasteiger partial charge is 0.322 e. The second-order valence-electron chi connectivity index (χ2n) is 6.11. The number of carbonyl (C=O) groups excluding carboxylic acids is 2. The summed E-state index contributed by atoms with van der Waals surface area (Å²) in [5.41, 5.74) is 2.76. The molecule has 1 atom stereocenters. The third-order valence-electron chi connectivity index (χ3n) is 4.50. The van der Waals surface area contributed by atoms with Gasteiger partial charge in [-0.2, -0.15) is 0 Å². The summed E-state index contributed by atoms with van der Waals surface area (Å²) in [6.07, 6.45) is 2.13. The van der Waals surface area contributed by atoms with Crippen LogP contribution in [0.3, 0.4) is 0 Å². The van der Waals surface area contributed by atoms with E-state index in [0.29, 0.717) is 23.7 Å². The van der Waals surface area contributed by atoms with Crippen LogP contribution in [0.25, 0.3) is 0 Å². The highest BCUT2D eigenvalue weighted by Gasteiger charge is 2.35. The monoisotopic (exact) mass is 363 g/mol. The van der Waals surface area contributed by atoms with Crippen molar-refractivity contribution in [2.45, 2.75) is 19.0 Å². The summed E-state index contributed by atoms with van der Waals surface area (Å²) in [4.78, 5) is 31.7. The first-order valence-corrected chi connectivity index (χ1v) is 9.23. The lowest BCUT2D eigenvalue weighted by atomic mass is 9.93. The molecule has 0 aliphatic carbocycles. The minimum absolute atomic E-state index is 0.139. The second kappa shape index (κ2) is 7.09. The van der Waals surface area contributed by atoms with Crippen molar-refractivity contribution in [2.75, 3.05) is 5.32 Å². The molecule has 0 unspecified atom stereocenters. The number of nitrogens with one attached hydrogen (secondary N) is 1. The molecule has 1 aromatic heterocycles. The molecular formula is C20H17N3O2S. The number of nitrogens with zero attached hydrogens (tertiary/aromatic N) is 2. The average molecular weight is 363 g/mol. The van der Waals surface area contributed by atoms with Crippen molar-refractivity contribution in [1.82, 2.24) is 9.88 Å². The van der Waals surface area contributed by atoms with Crippen molar-refractivity contribution in [3.05, 3.63) is 82.9 Å². The smallest absolute Gasteiger partial charge is 0.254 e. The Bertz CT molecular complexity index is 925. The summed E-state index contributed by atoms with van der Waals surface area (Å²) < 4.78 is 0. The number of amides is 2. The van der Waals surface area contributed by atoms with Gasteiger partial charge in [-0.3, -0.25) is 9.59 Å². The van der Waals surface area contributed by atoms with E-state index in [4.69, 9.17) is 0 Å². The van der Waals surface area contributed by atoms with Gasteiger partial charge in [0.15, 0.2) is 5.13 Å². The molecule has 130 valence electrons. The predicted octanol–water partition coefficient (Wildman–Crippen LogP) is 3.35. The fourth-order valence-electron chi connectivity index (χ4n) is 3.19. The molecule has 0 fully saturated rings. The molecular weight excluding hydrogens is 346 g/mol. The highest BCUT2D eigenvalue weighted by atomic mass is 32.1. The van der Waals surface area contributed by atoms with Crippen LogP contribution in [0.4, 0.5) is 5.13 Å². The van der Waals surface area contributed by atoms with Crippen LogP contribution in [0.2, 0.25) is 0 Å². The topological polar surface area (TPSA) is 62.3 Å². The predicted molar refractivity (Wildman–Crippen MR) is 101 cm³/mol. The summed E-state index contributed by atoms with van der Waals surface area (Å²) in [6.45, 7) is 0.417. The summed E-state index contributed by atoms with van der Waals surface area (Å²) >= 11 is 1.36. The van der Waals surface area contributed by atoms with Crippen molar-refractivity contribution in [2.24, 2.45) is 0 Å². The normalized spacial score (nSPS) is 16.0. The van der Waals surface area contributed by atoms with Gasteiger partial charge in [0, 0.05) is 30.1 Å². The van der Waals surface area contributed by atoms with E-state index in [0.717, 1.165) is 11.1 Å². The summed E-state index contributed by atoms with van der Waals surface area (Å²) in [7, 11) is 0. The van der Waals surface area contributed by atoms with Crippen molar-refractivity contribution in [1.29, 1.82) is 0 Å².